The second kappa shape index (κ2) is 9.91. The van der Waals surface area contributed by atoms with Gasteiger partial charge in [-0.25, -0.2) is 0 Å². The largest absolute Gasteiger partial charge is 0.497 e. The summed E-state index contributed by atoms with van der Waals surface area (Å²) in [4.78, 5) is 0. The Morgan fingerprint density at radius 2 is 1.79 bits per heavy atom. The Balaban J connectivity index is 1.49. The first-order valence-electron chi connectivity index (χ1n) is 10.7. The van der Waals surface area contributed by atoms with Crippen molar-refractivity contribution in [3.8, 4) is 5.75 Å². The van der Waals surface area contributed by atoms with Crippen LogP contribution in [-0.4, -0.2) is 31.7 Å². The number of hydrogen-bond donors (Lipinski definition) is 0. The lowest BCUT2D eigenvalue weighted by atomic mass is 9.84. The summed E-state index contributed by atoms with van der Waals surface area (Å²) in [7, 11) is 1.68. The predicted octanol–water partition coefficient (Wildman–Crippen LogP) is 5.50. The van der Waals surface area contributed by atoms with Crippen molar-refractivity contribution in [1.82, 2.24) is 0 Å². The zero-order valence-corrected chi connectivity index (χ0v) is 17.9. The molecule has 1 unspecified atom stereocenters. The molecular weight excluding hydrogens is 352 g/mol. The number of ether oxygens (including phenoxy) is 4. The third kappa shape index (κ3) is 5.37. The molecule has 2 saturated heterocycles. The molecule has 1 aromatic carbocycles. The van der Waals surface area contributed by atoms with E-state index in [2.05, 4.69) is 32.9 Å². The smallest absolute Gasteiger partial charge is 0.169 e. The van der Waals surface area contributed by atoms with Crippen molar-refractivity contribution in [3.05, 3.63) is 42.0 Å². The fourth-order valence-electron chi connectivity index (χ4n) is 4.26. The molecule has 156 valence electrons. The van der Waals surface area contributed by atoms with Gasteiger partial charge in [0.05, 0.1) is 25.9 Å². The van der Waals surface area contributed by atoms with E-state index in [1.165, 1.54) is 0 Å². The first-order chi connectivity index (χ1) is 13.5. The maximum atomic E-state index is 6.58. The van der Waals surface area contributed by atoms with E-state index in [0.717, 1.165) is 43.4 Å². The van der Waals surface area contributed by atoms with Gasteiger partial charge in [-0.2, -0.15) is 0 Å². The van der Waals surface area contributed by atoms with E-state index < -0.39 is 5.79 Å². The molecule has 3 rings (SSSR count). The molecule has 0 aliphatic carbocycles. The fourth-order valence-corrected chi connectivity index (χ4v) is 4.26. The van der Waals surface area contributed by atoms with Crippen LogP contribution in [0.15, 0.2) is 36.4 Å². The van der Waals surface area contributed by atoms with E-state index in [-0.39, 0.29) is 12.2 Å². The highest BCUT2D eigenvalue weighted by Crippen LogP contribution is 2.43. The average molecular weight is 389 g/mol. The van der Waals surface area contributed by atoms with Crippen molar-refractivity contribution in [3.63, 3.8) is 0 Å². The second-order valence-corrected chi connectivity index (χ2v) is 8.40. The molecule has 0 aromatic heterocycles. The van der Waals surface area contributed by atoms with Crippen LogP contribution in [0.25, 0.3) is 0 Å². The maximum absolute atomic E-state index is 6.58. The van der Waals surface area contributed by atoms with Crippen molar-refractivity contribution >= 4 is 0 Å². The van der Waals surface area contributed by atoms with Crippen molar-refractivity contribution < 1.29 is 18.9 Å². The number of allylic oxidation sites excluding steroid dienone is 1. The summed E-state index contributed by atoms with van der Waals surface area (Å²) in [6.07, 6.45) is 9.85. The average Bonchev–Trinajstić information content (AvgIpc) is 2.71. The summed E-state index contributed by atoms with van der Waals surface area (Å²) in [5, 5.41) is 0. The minimum Gasteiger partial charge on any atom is -0.497 e. The topological polar surface area (TPSA) is 36.9 Å². The normalized spacial score (nSPS) is 33.4. The van der Waals surface area contributed by atoms with E-state index in [1.807, 2.05) is 24.3 Å². The number of methoxy groups -OCH3 is 1. The highest BCUT2D eigenvalue weighted by Gasteiger charge is 2.45. The number of benzene rings is 1. The minimum absolute atomic E-state index is 0.166. The van der Waals surface area contributed by atoms with Crippen LogP contribution in [-0.2, 0) is 20.8 Å². The first-order valence-corrected chi connectivity index (χ1v) is 10.7. The highest BCUT2D eigenvalue weighted by atomic mass is 16.7. The molecular formula is C24H36O4. The van der Waals surface area contributed by atoms with Gasteiger partial charge in [0, 0.05) is 19.4 Å². The summed E-state index contributed by atoms with van der Waals surface area (Å²) < 4.78 is 24.2. The molecule has 0 bridgehead atoms. The van der Waals surface area contributed by atoms with Gasteiger partial charge in [-0.1, -0.05) is 38.1 Å². The molecule has 28 heavy (non-hydrogen) atoms. The molecule has 2 aliphatic rings. The Labute approximate surface area is 170 Å². The number of hydrogen-bond acceptors (Lipinski definition) is 4. The van der Waals surface area contributed by atoms with E-state index in [4.69, 9.17) is 18.9 Å². The SMILES string of the molecule is C/C=C/[C@@H]1OC2(CC[C@@H]1C)CC[C@H](C)[C@@H](CCOCc1ccc(OC)cc1)O2. The molecule has 4 nitrogen and oxygen atoms in total. The molecule has 0 radical (unpaired) electrons. The Morgan fingerprint density at radius 3 is 2.46 bits per heavy atom. The van der Waals surface area contributed by atoms with Gasteiger partial charge in [0.15, 0.2) is 5.79 Å². The second-order valence-electron chi connectivity index (χ2n) is 8.40. The van der Waals surface area contributed by atoms with E-state index >= 15 is 0 Å². The maximum Gasteiger partial charge on any atom is 0.169 e. The van der Waals surface area contributed by atoms with Crippen molar-refractivity contribution in [2.45, 2.75) is 77.5 Å². The van der Waals surface area contributed by atoms with Crippen LogP contribution in [0.2, 0.25) is 0 Å². The van der Waals surface area contributed by atoms with Crippen LogP contribution >= 0.6 is 0 Å². The molecule has 2 fully saturated rings. The monoisotopic (exact) mass is 388 g/mol. The van der Waals surface area contributed by atoms with Crippen LogP contribution in [0, 0.1) is 11.8 Å². The van der Waals surface area contributed by atoms with E-state index in [9.17, 15) is 0 Å². The lowest BCUT2D eigenvalue weighted by Gasteiger charge is -2.49. The molecule has 5 atom stereocenters. The molecule has 2 aliphatic heterocycles. The van der Waals surface area contributed by atoms with Crippen LogP contribution in [0.5, 0.6) is 5.75 Å². The van der Waals surface area contributed by atoms with Crippen LogP contribution < -0.4 is 4.74 Å². The summed E-state index contributed by atoms with van der Waals surface area (Å²) in [5.41, 5.74) is 1.16. The zero-order chi connectivity index (χ0) is 20.0. The van der Waals surface area contributed by atoms with Gasteiger partial charge in [-0.05, 0) is 55.7 Å². The van der Waals surface area contributed by atoms with E-state index in [1.54, 1.807) is 7.11 Å². The van der Waals surface area contributed by atoms with Gasteiger partial charge < -0.3 is 18.9 Å². The standard InChI is InChI=1S/C24H36O4/c1-5-6-22-18(2)11-14-24(27-22)15-12-19(3)23(28-24)13-16-26-17-20-7-9-21(25-4)10-8-20/h5-10,18-19,22-23H,11-17H2,1-4H3/b6-5+/t18-,19-,22-,23+,24?/m0/s1. The Kier molecular flexibility index (Phi) is 7.55. The van der Waals surface area contributed by atoms with Crippen LogP contribution in [0.1, 0.15) is 58.4 Å². The van der Waals surface area contributed by atoms with Gasteiger partial charge in [0.2, 0.25) is 0 Å². The third-order valence-corrected chi connectivity index (χ3v) is 6.23. The van der Waals surface area contributed by atoms with Gasteiger partial charge in [0.1, 0.15) is 5.75 Å². The predicted molar refractivity (Wildman–Crippen MR) is 111 cm³/mol. The van der Waals surface area contributed by atoms with Gasteiger partial charge in [0.25, 0.3) is 0 Å². The van der Waals surface area contributed by atoms with Crippen molar-refractivity contribution in [2.75, 3.05) is 13.7 Å². The Hall–Kier alpha value is -1.36. The number of rotatable bonds is 7. The molecule has 0 N–H and O–H groups in total. The van der Waals surface area contributed by atoms with Crippen molar-refractivity contribution in [1.29, 1.82) is 0 Å². The van der Waals surface area contributed by atoms with Crippen LogP contribution in [0.4, 0.5) is 0 Å². The molecule has 1 spiro atoms. The Morgan fingerprint density at radius 1 is 1.07 bits per heavy atom. The summed E-state index contributed by atoms with van der Waals surface area (Å²) in [6, 6.07) is 8.03. The van der Waals surface area contributed by atoms with Gasteiger partial charge in [-0.3, -0.25) is 0 Å². The summed E-state index contributed by atoms with van der Waals surface area (Å²) in [5.74, 6) is 1.56. The third-order valence-electron chi connectivity index (χ3n) is 6.23. The van der Waals surface area contributed by atoms with Gasteiger partial charge in [-0.15, -0.1) is 0 Å². The van der Waals surface area contributed by atoms with E-state index in [0.29, 0.717) is 25.0 Å². The molecule has 0 amide bonds. The van der Waals surface area contributed by atoms with Gasteiger partial charge >= 0.3 is 0 Å². The lowest BCUT2D eigenvalue weighted by molar-refractivity contribution is -0.325. The molecule has 0 saturated carbocycles. The van der Waals surface area contributed by atoms with Crippen LogP contribution in [0.3, 0.4) is 0 Å². The molecule has 2 heterocycles. The molecule has 1 aromatic rings. The lowest BCUT2D eigenvalue weighted by Crippen LogP contribution is -2.51. The van der Waals surface area contributed by atoms with Crippen molar-refractivity contribution in [2.24, 2.45) is 11.8 Å². The Bertz CT molecular complexity index is 622. The summed E-state index contributed by atoms with van der Waals surface area (Å²) in [6.45, 7) is 7.94. The zero-order valence-electron chi connectivity index (χ0n) is 17.9. The fraction of sp³-hybridized carbons (Fsp3) is 0.667. The highest BCUT2D eigenvalue weighted by molar-refractivity contribution is 5.26. The molecule has 4 heteroatoms. The quantitative estimate of drug-likeness (QED) is 0.456. The minimum atomic E-state index is -0.399. The summed E-state index contributed by atoms with van der Waals surface area (Å²) >= 11 is 0. The first kappa shape index (κ1) is 21.4.